The molecule has 2 aromatic rings. The predicted molar refractivity (Wildman–Crippen MR) is 122 cm³/mol. The van der Waals surface area contributed by atoms with E-state index in [1.54, 1.807) is 30.2 Å². The summed E-state index contributed by atoms with van der Waals surface area (Å²) in [4.78, 5) is 39.3. The maximum Gasteiger partial charge on any atom is 0.269 e. The molecule has 0 aliphatic rings. The second-order valence-corrected chi connectivity index (χ2v) is 7.66. The summed E-state index contributed by atoms with van der Waals surface area (Å²) >= 11 is 0. The van der Waals surface area contributed by atoms with Crippen molar-refractivity contribution in [1.82, 2.24) is 14.4 Å². The summed E-state index contributed by atoms with van der Waals surface area (Å²) in [7, 11) is 3.50. The largest absolute Gasteiger partial charge is 0.383 e. The van der Waals surface area contributed by atoms with Crippen molar-refractivity contribution in [2.75, 3.05) is 26.8 Å². The maximum absolute atomic E-state index is 13.1. The molecule has 0 saturated carbocycles. The number of rotatable bonds is 11. The van der Waals surface area contributed by atoms with E-state index < -0.39 is 4.92 Å². The van der Waals surface area contributed by atoms with Crippen LogP contribution in [-0.4, -0.2) is 64.0 Å². The van der Waals surface area contributed by atoms with E-state index in [4.69, 9.17) is 4.74 Å². The first-order chi connectivity index (χ1) is 15.2. The van der Waals surface area contributed by atoms with Crippen molar-refractivity contribution in [3.8, 4) is 0 Å². The number of aromatic nitrogens is 1. The zero-order valence-corrected chi connectivity index (χ0v) is 18.9. The molecule has 1 heterocycles. The van der Waals surface area contributed by atoms with Gasteiger partial charge in [0.1, 0.15) is 6.54 Å². The molecule has 0 aliphatic heterocycles. The molecular weight excluding hydrogens is 412 g/mol. The topological polar surface area (TPSA) is 97.9 Å². The number of amides is 2. The van der Waals surface area contributed by atoms with Gasteiger partial charge in [0.25, 0.3) is 5.69 Å². The lowest BCUT2D eigenvalue weighted by Gasteiger charge is -2.29. The van der Waals surface area contributed by atoms with Crippen LogP contribution in [0, 0.1) is 10.1 Å². The first-order valence-electron chi connectivity index (χ1n) is 10.3. The quantitative estimate of drug-likeness (QED) is 0.303. The molecular formula is C23H30N4O5. The Morgan fingerprint density at radius 3 is 2.44 bits per heavy atom. The van der Waals surface area contributed by atoms with Crippen LogP contribution in [0.25, 0.3) is 6.08 Å². The summed E-state index contributed by atoms with van der Waals surface area (Å²) in [6.07, 6.45) is 4.88. The Morgan fingerprint density at radius 1 is 1.22 bits per heavy atom. The molecule has 0 bridgehead atoms. The van der Waals surface area contributed by atoms with Crippen molar-refractivity contribution in [2.24, 2.45) is 7.05 Å². The second-order valence-electron chi connectivity index (χ2n) is 7.66. The Morgan fingerprint density at radius 2 is 1.91 bits per heavy atom. The van der Waals surface area contributed by atoms with Crippen LogP contribution in [0.2, 0.25) is 0 Å². The van der Waals surface area contributed by atoms with E-state index in [0.29, 0.717) is 25.3 Å². The fraction of sp³-hybridized carbons (Fsp3) is 0.391. The lowest BCUT2D eigenvalue weighted by molar-refractivity contribution is -0.384. The summed E-state index contributed by atoms with van der Waals surface area (Å²) in [5.41, 5.74) is 1.62. The molecule has 0 aliphatic carbocycles. The lowest BCUT2D eigenvalue weighted by Crippen LogP contribution is -2.46. The first-order valence-corrected chi connectivity index (χ1v) is 10.3. The van der Waals surface area contributed by atoms with Gasteiger partial charge < -0.3 is 19.1 Å². The minimum atomic E-state index is -0.477. The molecule has 0 atom stereocenters. The molecule has 0 N–H and O–H groups in total. The van der Waals surface area contributed by atoms with Gasteiger partial charge in [0.2, 0.25) is 11.8 Å². The standard InChI is InChI=1S/C23H30N4O5/c1-18(2)26(22(28)12-9-19-7-10-20(11-8-19)27(30)31)17-23(29)25(14-15-32-4)16-21-6-5-13-24(21)3/h5-13,18H,14-17H2,1-4H3. The van der Waals surface area contributed by atoms with Crippen LogP contribution in [0.15, 0.2) is 48.7 Å². The summed E-state index contributed by atoms with van der Waals surface area (Å²) in [5.74, 6) is -0.480. The molecule has 1 aromatic carbocycles. The van der Waals surface area contributed by atoms with E-state index in [-0.39, 0.29) is 30.1 Å². The molecule has 172 valence electrons. The van der Waals surface area contributed by atoms with Gasteiger partial charge in [-0.1, -0.05) is 0 Å². The highest BCUT2D eigenvalue weighted by molar-refractivity contribution is 5.94. The summed E-state index contributed by atoms with van der Waals surface area (Å²) in [6, 6.07) is 9.58. The number of hydrogen-bond donors (Lipinski definition) is 0. The van der Waals surface area contributed by atoms with Gasteiger partial charge in [-0.15, -0.1) is 0 Å². The van der Waals surface area contributed by atoms with E-state index in [1.807, 2.05) is 43.8 Å². The fourth-order valence-corrected chi connectivity index (χ4v) is 3.08. The van der Waals surface area contributed by atoms with Crippen LogP contribution in [0.4, 0.5) is 5.69 Å². The number of nitro benzene ring substituents is 1. The zero-order valence-electron chi connectivity index (χ0n) is 18.9. The molecule has 0 saturated heterocycles. The summed E-state index contributed by atoms with van der Waals surface area (Å²) in [5, 5.41) is 10.8. The van der Waals surface area contributed by atoms with E-state index in [2.05, 4.69) is 0 Å². The molecule has 0 unspecified atom stereocenters. The van der Waals surface area contributed by atoms with Crippen LogP contribution in [0.3, 0.4) is 0 Å². The lowest BCUT2D eigenvalue weighted by atomic mass is 10.2. The van der Waals surface area contributed by atoms with Crippen LogP contribution >= 0.6 is 0 Å². The van der Waals surface area contributed by atoms with Gasteiger partial charge in [-0.3, -0.25) is 19.7 Å². The maximum atomic E-state index is 13.1. The van der Waals surface area contributed by atoms with Gasteiger partial charge in [-0.2, -0.15) is 0 Å². The molecule has 1 aromatic heterocycles. The van der Waals surface area contributed by atoms with Crippen LogP contribution in [0.5, 0.6) is 0 Å². The van der Waals surface area contributed by atoms with Gasteiger partial charge in [0.05, 0.1) is 18.1 Å². The minimum absolute atomic E-state index is 0.0164. The smallest absolute Gasteiger partial charge is 0.269 e. The summed E-state index contributed by atoms with van der Waals surface area (Å²) < 4.78 is 7.10. The Bertz CT molecular complexity index is 950. The number of methoxy groups -OCH3 is 1. The molecule has 32 heavy (non-hydrogen) atoms. The number of aryl methyl sites for hydroxylation is 1. The number of carbonyl (C=O) groups excluding carboxylic acids is 2. The van der Waals surface area contributed by atoms with Crippen LogP contribution in [-0.2, 0) is 27.9 Å². The van der Waals surface area contributed by atoms with E-state index >= 15 is 0 Å². The van der Waals surface area contributed by atoms with Crippen molar-refractivity contribution in [2.45, 2.75) is 26.4 Å². The molecule has 9 nitrogen and oxygen atoms in total. The van der Waals surface area contributed by atoms with Crippen molar-refractivity contribution in [3.63, 3.8) is 0 Å². The predicted octanol–water partition coefficient (Wildman–Crippen LogP) is 2.86. The van der Waals surface area contributed by atoms with Crippen LogP contribution in [0.1, 0.15) is 25.1 Å². The Hall–Kier alpha value is -3.46. The van der Waals surface area contributed by atoms with Gasteiger partial charge in [-0.05, 0) is 49.8 Å². The zero-order chi connectivity index (χ0) is 23.7. The highest BCUT2D eigenvalue weighted by Crippen LogP contribution is 2.14. The minimum Gasteiger partial charge on any atom is -0.383 e. The molecule has 9 heteroatoms. The molecule has 2 amide bonds. The van der Waals surface area contributed by atoms with Crippen LogP contribution < -0.4 is 0 Å². The Kier molecular flexibility index (Phi) is 9.15. The van der Waals surface area contributed by atoms with Gasteiger partial charge >= 0.3 is 0 Å². The Labute approximate surface area is 188 Å². The number of nitro groups is 1. The average Bonchev–Trinajstić information content (AvgIpc) is 3.17. The molecule has 0 radical (unpaired) electrons. The normalized spacial score (nSPS) is 11.2. The number of benzene rings is 1. The van der Waals surface area contributed by atoms with Gasteiger partial charge in [0.15, 0.2) is 0 Å². The summed E-state index contributed by atoms with van der Waals surface area (Å²) in [6.45, 7) is 4.87. The number of hydrogen-bond acceptors (Lipinski definition) is 5. The van der Waals surface area contributed by atoms with Crippen molar-refractivity contribution in [3.05, 3.63) is 70.0 Å². The van der Waals surface area contributed by atoms with Gasteiger partial charge in [0, 0.05) is 56.8 Å². The molecule has 0 spiro atoms. The van der Waals surface area contributed by atoms with E-state index in [0.717, 1.165) is 5.69 Å². The number of carbonyl (C=O) groups is 2. The number of ether oxygens (including phenoxy) is 1. The SMILES string of the molecule is COCCN(Cc1cccn1C)C(=O)CN(C(=O)C=Cc1ccc([N+](=O)[O-])cc1)C(C)C. The fourth-order valence-electron chi connectivity index (χ4n) is 3.08. The second kappa shape index (κ2) is 11.8. The third kappa shape index (κ3) is 7.05. The van der Waals surface area contributed by atoms with E-state index in [9.17, 15) is 19.7 Å². The molecule has 0 fully saturated rings. The number of nitrogens with zero attached hydrogens (tertiary/aromatic N) is 4. The van der Waals surface area contributed by atoms with Gasteiger partial charge in [-0.25, -0.2) is 0 Å². The third-order valence-corrected chi connectivity index (χ3v) is 5.06. The number of non-ortho nitro benzene ring substituents is 1. The van der Waals surface area contributed by atoms with E-state index in [1.165, 1.54) is 23.1 Å². The van der Waals surface area contributed by atoms with Crippen molar-refractivity contribution < 1.29 is 19.2 Å². The molecule has 2 rings (SSSR count). The first kappa shape index (κ1) is 24.8. The van der Waals surface area contributed by atoms with Crippen molar-refractivity contribution in [1.29, 1.82) is 0 Å². The third-order valence-electron chi connectivity index (χ3n) is 5.06. The van der Waals surface area contributed by atoms with Crippen molar-refractivity contribution >= 4 is 23.6 Å². The highest BCUT2D eigenvalue weighted by atomic mass is 16.6. The average molecular weight is 443 g/mol. The Balaban J connectivity index is 2.09. The monoisotopic (exact) mass is 442 g/mol. The highest BCUT2D eigenvalue weighted by Gasteiger charge is 2.22.